The van der Waals surface area contributed by atoms with Gasteiger partial charge in [0.2, 0.25) is 0 Å². The zero-order valence-corrected chi connectivity index (χ0v) is 20.8. The van der Waals surface area contributed by atoms with Crippen molar-refractivity contribution in [3.8, 4) is 5.75 Å². The molecule has 2 atom stereocenters. The normalized spacial score (nSPS) is 23.8. The molecule has 2 saturated heterocycles. The van der Waals surface area contributed by atoms with Crippen LogP contribution >= 0.6 is 0 Å². The Balaban J connectivity index is 1.20. The molecule has 3 heterocycles. The van der Waals surface area contributed by atoms with Gasteiger partial charge in [0.15, 0.2) is 12.1 Å². The molecular formula is C29H32N2O6. The van der Waals surface area contributed by atoms with Crippen LogP contribution in [0.5, 0.6) is 5.75 Å². The molecule has 2 fully saturated rings. The zero-order valence-electron chi connectivity index (χ0n) is 20.8. The van der Waals surface area contributed by atoms with Crippen LogP contribution in [-0.2, 0) is 14.4 Å². The van der Waals surface area contributed by atoms with Crippen LogP contribution < -0.4 is 10.2 Å². The first-order valence-electron chi connectivity index (χ1n) is 13.0. The number of benzene rings is 2. The highest BCUT2D eigenvalue weighted by Gasteiger charge is 2.42. The molecule has 8 nitrogen and oxygen atoms in total. The molecule has 0 aliphatic carbocycles. The minimum absolute atomic E-state index is 0.0114. The molecule has 2 aromatic rings. The maximum atomic E-state index is 13.2. The molecule has 5 rings (SSSR count). The van der Waals surface area contributed by atoms with Gasteiger partial charge in [0.1, 0.15) is 11.4 Å². The van der Waals surface area contributed by atoms with E-state index in [0.717, 1.165) is 31.2 Å². The monoisotopic (exact) mass is 504 g/mol. The quantitative estimate of drug-likeness (QED) is 0.482. The number of hydrogen-bond donors (Lipinski definition) is 1. The molecule has 2 amide bonds. The first-order valence-corrected chi connectivity index (χ1v) is 13.0. The number of rotatable bonds is 5. The third kappa shape index (κ3) is 6.09. The van der Waals surface area contributed by atoms with Crippen molar-refractivity contribution in [2.45, 2.75) is 56.8 Å². The predicted octanol–water partition coefficient (Wildman–Crippen LogP) is 4.30. The van der Waals surface area contributed by atoms with Gasteiger partial charge in [-0.2, -0.15) is 0 Å². The van der Waals surface area contributed by atoms with E-state index in [2.05, 4.69) is 5.48 Å². The molecule has 2 unspecified atom stereocenters. The molecule has 2 aromatic carbocycles. The summed E-state index contributed by atoms with van der Waals surface area (Å²) in [5.41, 5.74) is 3.69. The van der Waals surface area contributed by atoms with Gasteiger partial charge in [-0.1, -0.05) is 24.3 Å². The SMILES string of the molecule is O=C(/C=C/c1ccc2c(c1)C(=O)CC1(CCCN(C(=O)c3ccccc3)CC1)O2)NOC1CCCCO1. The van der Waals surface area contributed by atoms with Crippen molar-refractivity contribution < 1.29 is 28.7 Å². The number of amides is 2. The van der Waals surface area contributed by atoms with E-state index in [-0.39, 0.29) is 18.1 Å². The molecule has 0 radical (unpaired) electrons. The van der Waals surface area contributed by atoms with Crippen LogP contribution in [0.2, 0.25) is 0 Å². The van der Waals surface area contributed by atoms with Gasteiger partial charge < -0.3 is 14.4 Å². The van der Waals surface area contributed by atoms with Crippen molar-refractivity contribution in [1.29, 1.82) is 0 Å². The smallest absolute Gasteiger partial charge is 0.267 e. The van der Waals surface area contributed by atoms with E-state index in [9.17, 15) is 14.4 Å². The predicted molar refractivity (Wildman–Crippen MR) is 137 cm³/mol. The van der Waals surface area contributed by atoms with Crippen LogP contribution in [0.1, 0.15) is 71.2 Å². The number of nitrogens with zero attached hydrogens (tertiary/aromatic N) is 1. The molecule has 0 saturated carbocycles. The Morgan fingerprint density at radius 1 is 1.05 bits per heavy atom. The van der Waals surface area contributed by atoms with Crippen LogP contribution in [0.15, 0.2) is 54.6 Å². The molecular weight excluding hydrogens is 472 g/mol. The van der Waals surface area contributed by atoms with E-state index in [1.165, 1.54) is 6.08 Å². The number of likely N-dealkylation sites (tertiary alicyclic amines) is 1. The van der Waals surface area contributed by atoms with E-state index >= 15 is 0 Å². The lowest BCUT2D eigenvalue weighted by atomic mass is 9.84. The van der Waals surface area contributed by atoms with Gasteiger partial charge in [0.25, 0.3) is 11.8 Å². The maximum Gasteiger partial charge on any atom is 0.267 e. The molecule has 194 valence electrons. The summed E-state index contributed by atoms with van der Waals surface area (Å²) in [6, 6.07) is 14.6. The highest BCUT2D eigenvalue weighted by molar-refractivity contribution is 6.01. The average Bonchev–Trinajstić information content (AvgIpc) is 3.13. The van der Waals surface area contributed by atoms with Crippen LogP contribution in [-0.4, -0.2) is 54.1 Å². The fraction of sp³-hybridized carbons (Fsp3) is 0.414. The summed E-state index contributed by atoms with van der Waals surface area (Å²) < 4.78 is 11.9. The zero-order chi connectivity index (χ0) is 25.7. The Kier molecular flexibility index (Phi) is 7.67. The lowest BCUT2D eigenvalue weighted by Crippen LogP contribution is -2.43. The molecule has 0 aromatic heterocycles. The Hall–Kier alpha value is -3.49. The van der Waals surface area contributed by atoms with Crippen molar-refractivity contribution in [3.05, 3.63) is 71.3 Å². The van der Waals surface area contributed by atoms with E-state index < -0.39 is 17.8 Å². The van der Waals surface area contributed by atoms with Crippen molar-refractivity contribution in [2.24, 2.45) is 0 Å². The van der Waals surface area contributed by atoms with Gasteiger partial charge in [0, 0.05) is 44.2 Å². The van der Waals surface area contributed by atoms with Crippen molar-refractivity contribution in [2.75, 3.05) is 19.7 Å². The van der Waals surface area contributed by atoms with E-state index in [4.69, 9.17) is 14.3 Å². The number of fused-ring (bicyclic) bond motifs is 1. The number of nitrogens with one attached hydrogen (secondary N) is 1. The number of ketones is 1. The van der Waals surface area contributed by atoms with Crippen LogP contribution in [0, 0.1) is 0 Å². The Bertz CT molecular complexity index is 1170. The fourth-order valence-corrected chi connectivity index (χ4v) is 5.16. The summed E-state index contributed by atoms with van der Waals surface area (Å²) in [4.78, 5) is 45.4. The van der Waals surface area contributed by atoms with Gasteiger partial charge in [-0.15, -0.1) is 0 Å². The first kappa shape index (κ1) is 25.2. The molecule has 1 N–H and O–H groups in total. The Labute approximate surface area is 216 Å². The first-order chi connectivity index (χ1) is 18.0. The highest BCUT2D eigenvalue weighted by atomic mass is 16.8. The summed E-state index contributed by atoms with van der Waals surface area (Å²) in [6.07, 6.45) is 7.70. The van der Waals surface area contributed by atoms with Gasteiger partial charge in [0.05, 0.1) is 12.0 Å². The number of hydrogen-bond acceptors (Lipinski definition) is 6. The van der Waals surface area contributed by atoms with Crippen LogP contribution in [0.3, 0.4) is 0 Å². The summed E-state index contributed by atoms with van der Waals surface area (Å²) in [7, 11) is 0. The van der Waals surface area contributed by atoms with Crippen LogP contribution in [0.25, 0.3) is 6.08 Å². The topological polar surface area (TPSA) is 94.2 Å². The van der Waals surface area contributed by atoms with Crippen LogP contribution in [0.4, 0.5) is 0 Å². The van der Waals surface area contributed by atoms with E-state index in [1.807, 2.05) is 41.3 Å². The third-order valence-corrected chi connectivity index (χ3v) is 7.17. The fourth-order valence-electron chi connectivity index (χ4n) is 5.16. The van der Waals surface area contributed by atoms with Gasteiger partial charge >= 0.3 is 0 Å². The molecule has 37 heavy (non-hydrogen) atoms. The second-order valence-electron chi connectivity index (χ2n) is 9.87. The Morgan fingerprint density at radius 3 is 2.73 bits per heavy atom. The molecule has 1 spiro atoms. The summed E-state index contributed by atoms with van der Waals surface area (Å²) in [5, 5.41) is 0. The number of carbonyl (C=O) groups is 3. The number of hydroxylamine groups is 1. The van der Waals surface area contributed by atoms with Crippen molar-refractivity contribution >= 4 is 23.7 Å². The number of ether oxygens (including phenoxy) is 2. The average molecular weight is 505 g/mol. The molecule has 8 heteroatoms. The Morgan fingerprint density at radius 2 is 1.92 bits per heavy atom. The van der Waals surface area contributed by atoms with E-state index in [0.29, 0.717) is 49.4 Å². The van der Waals surface area contributed by atoms with Crippen molar-refractivity contribution in [1.82, 2.24) is 10.4 Å². The highest BCUT2D eigenvalue weighted by Crippen LogP contribution is 2.40. The van der Waals surface area contributed by atoms with Crippen molar-refractivity contribution in [3.63, 3.8) is 0 Å². The summed E-state index contributed by atoms with van der Waals surface area (Å²) in [5.74, 6) is 0.179. The van der Waals surface area contributed by atoms with Gasteiger partial charge in [-0.05, 0) is 61.6 Å². The second kappa shape index (κ2) is 11.3. The van der Waals surface area contributed by atoms with Gasteiger partial charge in [-0.3, -0.25) is 14.4 Å². The third-order valence-electron chi connectivity index (χ3n) is 7.17. The standard InChI is InChI=1S/C29H32N2O6/c32-24-20-29(14-6-16-31(17-15-29)28(34)22-7-2-1-3-8-22)36-25-12-10-21(19-23(24)25)11-13-26(33)30-37-27-9-4-5-18-35-27/h1-3,7-8,10-13,19,27H,4-6,9,14-18,20H2,(H,30,33)/b13-11+. The lowest BCUT2D eigenvalue weighted by molar-refractivity contribution is -0.198. The lowest BCUT2D eigenvalue weighted by Gasteiger charge is -2.37. The molecule has 3 aliphatic rings. The summed E-state index contributed by atoms with van der Waals surface area (Å²) in [6.45, 7) is 1.81. The minimum atomic E-state index is -0.606. The second-order valence-corrected chi connectivity index (χ2v) is 9.87. The molecule has 3 aliphatic heterocycles. The summed E-state index contributed by atoms with van der Waals surface area (Å²) >= 11 is 0. The minimum Gasteiger partial charge on any atom is -0.486 e. The number of carbonyl (C=O) groups excluding carboxylic acids is 3. The maximum absolute atomic E-state index is 13.2. The van der Waals surface area contributed by atoms with Gasteiger partial charge in [-0.25, -0.2) is 10.3 Å². The largest absolute Gasteiger partial charge is 0.486 e. The van der Waals surface area contributed by atoms with E-state index in [1.54, 1.807) is 18.2 Å². The number of Topliss-reactive ketones (excluding diaryl/α,β-unsaturated/α-hetero) is 1. The molecule has 0 bridgehead atoms.